The predicted octanol–water partition coefficient (Wildman–Crippen LogP) is 1.89. The first kappa shape index (κ1) is 18.3. The Balaban J connectivity index is 1.94. The van der Waals surface area contributed by atoms with E-state index in [4.69, 9.17) is 17.0 Å². The molecule has 1 aliphatic heterocycles. The number of thiocarbonyl (C=S) groups is 1. The van der Waals surface area contributed by atoms with Gasteiger partial charge in [0.05, 0.1) is 6.61 Å². The number of rotatable bonds is 4. The predicted molar refractivity (Wildman–Crippen MR) is 106 cm³/mol. The van der Waals surface area contributed by atoms with Gasteiger partial charge in [-0.1, -0.05) is 35.2 Å². The van der Waals surface area contributed by atoms with Crippen molar-refractivity contribution >= 4 is 50.8 Å². The largest absolute Gasteiger partial charge is 0.463 e. The zero-order chi connectivity index (χ0) is 17.9. The first-order valence-electron chi connectivity index (χ1n) is 8.70. The van der Waals surface area contributed by atoms with Crippen molar-refractivity contribution in [2.45, 2.75) is 44.6 Å². The van der Waals surface area contributed by atoms with Crippen molar-refractivity contribution in [2.24, 2.45) is 0 Å². The maximum atomic E-state index is 11.8. The maximum absolute atomic E-state index is 11.8. The van der Waals surface area contributed by atoms with E-state index in [1.807, 2.05) is 19.1 Å². The Bertz CT molecular complexity index is 684. The van der Waals surface area contributed by atoms with Crippen LogP contribution in [0.2, 0.25) is 0 Å². The van der Waals surface area contributed by atoms with Gasteiger partial charge >= 0.3 is 5.97 Å². The summed E-state index contributed by atoms with van der Waals surface area (Å²) >= 11 is 9.13. The fraction of sp³-hybridized carbons (Fsp3) is 0.500. The normalized spacial score (nSPS) is 20.8. The van der Waals surface area contributed by atoms with Crippen LogP contribution in [0.25, 0.3) is 0 Å². The first-order chi connectivity index (χ1) is 12.1. The van der Waals surface area contributed by atoms with Gasteiger partial charge in [-0.3, -0.25) is 9.89 Å². The molecule has 0 bridgehead atoms. The number of amidine groups is 1. The minimum Gasteiger partial charge on any atom is -0.463 e. The van der Waals surface area contributed by atoms with Crippen LogP contribution in [0.4, 0.5) is 5.69 Å². The molecule has 7 heteroatoms. The lowest BCUT2D eigenvalue weighted by Gasteiger charge is -2.37. The van der Waals surface area contributed by atoms with Crippen molar-refractivity contribution in [1.29, 1.82) is 0 Å². The lowest BCUT2D eigenvalue weighted by molar-refractivity contribution is -0.451. The van der Waals surface area contributed by atoms with Gasteiger partial charge in [-0.15, -0.1) is 0 Å². The van der Waals surface area contributed by atoms with E-state index in [0.717, 1.165) is 41.7 Å². The van der Waals surface area contributed by atoms with Crippen LogP contribution in [-0.2, 0) is 9.53 Å². The van der Waals surface area contributed by atoms with Gasteiger partial charge in [-0.2, -0.15) is 0 Å². The molecule has 3 rings (SSSR count). The molecule has 1 aromatic carbocycles. The van der Waals surface area contributed by atoms with Crippen LogP contribution in [0.15, 0.2) is 28.7 Å². The number of esters is 1. The van der Waals surface area contributed by atoms with Crippen molar-refractivity contribution in [3.63, 3.8) is 0 Å². The Morgan fingerprint density at radius 1 is 1.32 bits per heavy atom. The Hall–Kier alpha value is -1.47. The van der Waals surface area contributed by atoms with E-state index in [-0.39, 0.29) is 18.1 Å². The Kier molecular flexibility index (Phi) is 5.74. The fourth-order valence-electron chi connectivity index (χ4n) is 3.73. The third kappa shape index (κ3) is 3.72. The van der Waals surface area contributed by atoms with Crippen LogP contribution in [0.5, 0.6) is 0 Å². The average molecular weight is 425 g/mol. The van der Waals surface area contributed by atoms with Gasteiger partial charge in [0.25, 0.3) is 10.9 Å². The first-order valence-corrected chi connectivity index (χ1v) is 9.90. The highest BCUT2D eigenvalue weighted by Gasteiger charge is 2.55. The zero-order valence-corrected chi connectivity index (χ0v) is 16.7. The van der Waals surface area contributed by atoms with Gasteiger partial charge in [0.2, 0.25) is 0 Å². The van der Waals surface area contributed by atoms with Crippen LogP contribution in [0.1, 0.15) is 39.0 Å². The summed E-state index contributed by atoms with van der Waals surface area (Å²) in [6.07, 6.45) is 5.51. The number of nitrogens with one attached hydrogen (secondary N) is 2. The second kappa shape index (κ2) is 7.83. The maximum Gasteiger partial charge on any atom is 0.347 e. The molecular formula is C18H23BrN3O2S+. The molecule has 1 saturated heterocycles. The standard InChI is InChI=1S/C18H22BrN3O2S/c1-2-24-15(23)12-20-16-18(10-4-3-5-11-18)22(17(25)21-16)14-8-6-13(19)7-9-14/h6-9H,2-5,10-12H2,1H3,(H,20,21,25)/p+1. The van der Waals surface area contributed by atoms with Crippen molar-refractivity contribution < 1.29 is 14.5 Å². The van der Waals surface area contributed by atoms with E-state index in [2.05, 4.69) is 43.3 Å². The highest BCUT2D eigenvalue weighted by atomic mass is 79.9. The lowest BCUT2D eigenvalue weighted by atomic mass is 9.80. The van der Waals surface area contributed by atoms with Crippen LogP contribution in [-0.4, -0.2) is 35.6 Å². The number of carbonyl (C=O) groups excluding carboxylic acids is 1. The number of ether oxygens (including phenoxy) is 1. The molecule has 2 fully saturated rings. The highest BCUT2D eigenvalue weighted by Crippen LogP contribution is 2.39. The lowest BCUT2D eigenvalue weighted by Crippen LogP contribution is -2.81. The number of nitrogens with zero attached hydrogens (tertiary/aromatic N) is 1. The molecule has 134 valence electrons. The topological polar surface area (TPSA) is 55.5 Å². The molecule has 1 aromatic rings. The monoisotopic (exact) mass is 424 g/mol. The van der Waals surface area contributed by atoms with E-state index in [0.29, 0.717) is 11.7 Å². The third-order valence-electron chi connectivity index (χ3n) is 4.81. The fourth-order valence-corrected chi connectivity index (χ4v) is 4.38. The zero-order valence-electron chi connectivity index (χ0n) is 14.3. The molecular weight excluding hydrogens is 402 g/mol. The van der Waals surface area contributed by atoms with Gasteiger partial charge in [0, 0.05) is 10.2 Å². The summed E-state index contributed by atoms with van der Waals surface area (Å²) in [5.41, 5.74) is 0.839. The summed E-state index contributed by atoms with van der Waals surface area (Å²) in [6, 6.07) is 8.20. The van der Waals surface area contributed by atoms with Gasteiger partial charge in [0.15, 0.2) is 6.54 Å². The van der Waals surface area contributed by atoms with Crippen LogP contribution in [0.3, 0.4) is 0 Å². The van der Waals surface area contributed by atoms with Crippen molar-refractivity contribution in [2.75, 3.05) is 18.1 Å². The molecule has 0 aromatic heterocycles. The molecule has 0 unspecified atom stereocenters. The summed E-state index contributed by atoms with van der Waals surface area (Å²) in [4.78, 5) is 17.2. The van der Waals surface area contributed by atoms with Gasteiger partial charge < -0.3 is 4.74 Å². The number of hydrogen-bond donors (Lipinski definition) is 2. The van der Waals surface area contributed by atoms with E-state index in [9.17, 15) is 4.79 Å². The van der Waals surface area contributed by atoms with Crippen molar-refractivity contribution in [1.82, 2.24) is 5.32 Å². The van der Waals surface area contributed by atoms with E-state index in [1.165, 1.54) is 6.42 Å². The Morgan fingerprint density at radius 2 is 2.00 bits per heavy atom. The van der Waals surface area contributed by atoms with Gasteiger partial charge in [-0.25, -0.2) is 10.1 Å². The minimum absolute atomic E-state index is 0.148. The molecule has 0 amide bonds. The van der Waals surface area contributed by atoms with Crippen molar-refractivity contribution in [3.05, 3.63) is 28.7 Å². The average Bonchev–Trinajstić information content (AvgIpc) is 2.86. The molecule has 25 heavy (non-hydrogen) atoms. The number of anilines is 1. The Labute approximate surface area is 162 Å². The summed E-state index contributed by atoms with van der Waals surface area (Å²) in [5, 5.41) is 3.99. The summed E-state index contributed by atoms with van der Waals surface area (Å²) in [7, 11) is 0. The number of benzene rings is 1. The Morgan fingerprint density at radius 3 is 2.64 bits per heavy atom. The second-order valence-corrected chi connectivity index (χ2v) is 7.67. The van der Waals surface area contributed by atoms with Crippen molar-refractivity contribution in [3.8, 4) is 0 Å². The quantitative estimate of drug-likeness (QED) is 0.570. The summed E-state index contributed by atoms with van der Waals surface area (Å²) in [6.45, 7) is 2.35. The molecule has 2 aliphatic rings. The van der Waals surface area contributed by atoms with Crippen LogP contribution >= 0.6 is 28.1 Å². The minimum atomic E-state index is -0.254. The van der Waals surface area contributed by atoms with Gasteiger partial charge in [0.1, 0.15) is 5.54 Å². The molecule has 0 radical (unpaired) electrons. The van der Waals surface area contributed by atoms with Crippen LogP contribution < -0.4 is 15.2 Å². The summed E-state index contributed by atoms with van der Waals surface area (Å²) in [5.74, 6) is 0.670. The van der Waals surface area contributed by atoms with E-state index in [1.54, 1.807) is 0 Å². The molecule has 1 spiro atoms. The molecule has 1 saturated carbocycles. The number of hydrogen-bond acceptors (Lipinski definition) is 3. The second-order valence-electron chi connectivity index (χ2n) is 6.37. The van der Waals surface area contributed by atoms with Gasteiger partial charge in [-0.05, 0) is 56.2 Å². The molecule has 5 nitrogen and oxygen atoms in total. The molecule has 1 aliphatic carbocycles. The number of carbonyl (C=O) groups is 1. The highest BCUT2D eigenvalue weighted by molar-refractivity contribution is 9.10. The SMILES string of the molecule is CCOC(=O)C[NH+]=C1NC(=S)N(c2ccc(Br)cc2)C12CCCCC2. The number of halogens is 1. The third-order valence-corrected chi connectivity index (χ3v) is 5.62. The summed E-state index contributed by atoms with van der Waals surface area (Å²) < 4.78 is 6.07. The molecule has 2 N–H and O–H groups in total. The molecule has 0 atom stereocenters. The van der Waals surface area contributed by atoms with Crippen LogP contribution in [0, 0.1) is 0 Å². The molecule has 1 heterocycles. The smallest absolute Gasteiger partial charge is 0.347 e. The van der Waals surface area contributed by atoms with E-state index >= 15 is 0 Å². The van der Waals surface area contributed by atoms with E-state index < -0.39 is 0 Å².